The van der Waals surface area contributed by atoms with Gasteiger partial charge in [0.25, 0.3) is 5.91 Å². The SMILES string of the molecule is COc1ccc(C(N)=O)cc1NC(=O)c1ccccc1Sc1ccc2c(/C=C/c3ccccn3)n[nH]c2c1. The molecule has 2 amide bonds. The van der Waals surface area contributed by atoms with E-state index in [0.29, 0.717) is 17.0 Å². The molecule has 0 saturated carbocycles. The maximum Gasteiger partial charge on any atom is 0.256 e. The summed E-state index contributed by atoms with van der Waals surface area (Å²) in [6.45, 7) is 0. The van der Waals surface area contributed by atoms with E-state index >= 15 is 0 Å². The summed E-state index contributed by atoms with van der Waals surface area (Å²) in [7, 11) is 1.49. The molecular weight excluding hydrogens is 498 g/mol. The molecular formula is C29H23N5O3S. The lowest BCUT2D eigenvalue weighted by Crippen LogP contribution is -2.16. The van der Waals surface area contributed by atoms with Crippen LogP contribution >= 0.6 is 11.8 Å². The van der Waals surface area contributed by atoms with Crippen LogP contribution < -0.4 is 15.8 Å². The van der Waals surface area contributed by atoms with Crippen LogP contribution in [-0.2, 0) is 0 Å². The van der Waals surface area contributed by atoms with Gasteiger partial charge in [-0.15, -0.1) is 0 Å². The van der Waals surface area contributed by atoms with E-state index < -0.39 is 5.91 Å². The van der Waals surface area contributed by atoms with E-state index in [-0.39, 0.29) is 11.5 Å². The molecule has 0 unspecified atom stereocenters. The molecule has 0 atom stereocenters. The molecule has 0 aliphatic rings. The number of carbonyl (C=O) groups excluding carboxylic acids is 2. The molecule has 0 spiro atoms. The van der Waals surface area contributed by atoms with Gasteiger partial charge in [0.15, 0.2) is 0 Å². The van der Waals surface area contributed by atoms with Crippen LogP contribution in [-0.4, -0.2) is 34.1 Å². The summed E-state index contributed by atoms with van der Waals surface area (Å²) >= 11 is 1.46. The molecule has 0 aliphatic heterocycles. The molecule has 3 aromatic carbocycles. The number of hydrogen-bond donors (Lipinski definition) is 3. The Bertz CT molecular complexity index is 1660. The van der Waals surface area contributed by atoms with Crippen LogP contribution in [0.2, 0.25) is 0 Å². The van der Waals surface area contributed by atoms with Gasteiger partial charge in [-0.3, -0.25) is 19.7 Å². The molecule has 2 aromatic heterocycles. The molecule has 9 heteroatoms. The summed E-state index contributed by atoms with van der Waals surface area (Å²) in [5, 5.41) is 11.3. The Morgan fingerprint density at radius 3 is 2.63 bits per heavy atom. The lowest BCUT2D eigenvalue weighted by Gasteiger charge is -2.13. The first kappa shape index (κ1) is 24.8. The number of nitrogens with zero attached hydrogens (tertiary/aromatic N) is 2. The number of rotatable bonds is 8. The van der Waals surface area contributed by atoms with Crippen molar-refractivity contribution in [2.75, 3.05) is 12.4 Å². The molecule has 4 N–H and O–H groups in total. The van der Waals surface area contributed by atoms with E-state index in [0.717, 1.165) is 32.1 Å². The van der Waals surface area contributed by atoms with E-state index in [2.05, 4.69) is 20.5 Å². The van der Waals surface area contributed by atoms with Gasteiger partial charge in [-0.1, -0.05) is 30.0 Å². The molecule has 2 heterocycles. The minimum absolute atomic E-state index is 0.269. The summed E-state index contributed by atoms with van der Waals surface area (Å²) in [6.07, 6.45) is 5.59. The smallest absolute Gasteiger partial charge is 0.256 e. The van der Waals surface area contributed by atoms with Crippen LogP contribution in [0.4, 0.5) is 5.69 Å². The van der Waals surface area contributed by atoms with Gasteiger partial charge in [-0.25, -0.2) is 0 Å². The summed E-state index contributed by atoms with van der Waals surface area (Å²) in [6, 6.07) is 23.7. The van der Waals surface area contributed by atoms with Crippen molar-refractivity contribution < 1.29 is 14.3 Å². The number of nitrogens with two attached hydrogens (primary N) is 1. The van der Waals surface area contributed by atoms with Crippen LogP contribution in [0.5, 0.6) is 5.75 Å². The zero-order valence-corrected chi connectivity index (χ0v) is 21.2. The predicted molar refractivity (Wildman–Crippen MR) is 149 cm³/mol. The van der Waals surface area contributed by atoms with Crippen molar-refractivity contribution >= 4 is 52.3 Å². The van der Waals surface area contributed by atoms with Crippen LogP contribution in [0.3, 0.4) is 0 Å². The second kappa shape index (κ2) is 11.0. The van der Waals surface area contributed by atoms with Crippen LogP contribution in [0.25, 0.3) is 23.1 Å². The van der Waals surface area contributed by atoms with E-state index in [9.17, 15) is 9.59 Å². The van der Waals surface area contributed by atoms with Crippen LogP contribution in [0.1, 0.15) is 32.1 Å². The highest BCUT2D eigenvalue weighted by Gasteiger charge is 2.16. The number of anilines is 1. The fraction of sp³-hybridized carbons (Fsp3) is 0.0345. The number of methoxy groups -OCH3 is 1. The Morgan fingerprint density at radius 2 is 1.84 bits per heavy atom. The number of aromatic amines is 1. The largest absolute Gasteiger partial charge is 0.495 e. The molecule has 0 fully saturated rings. The first-order valence-corrected chi connectivity index (χ1v) is 12.5. The highest BCUT2D eigenvalue weighted by Crippen LogP contribution is 2.34. The van der Waals surface area contributed by atoms with Gasteiger partial charge in [0, 0.05) is 26.9 Å². The van der Waals surface area contributed by atoms with Crippen molar-refractivity contribution in [3.8, 4) is 5.75 Å². The van der Waals surface area contributed by atoms with Crippen LogP contribution in [0, 0.1) is 0 Å². The van der Waals surface area contributed by atoms with Gasteiger partial charge >= 0.3 is 0 Å². The summed E-state index contributed by atoms with van der Waals surface area (Å²) < 4.78 is 5.34. The van der Waals surface area contributed by atoms with E-state index in [1.54, 1.807) is 30.5 Å². The fourth-order valence-electron chi connectivity index (χ4n) is 3.87. The summed E-state index contributed by atoms with van der Waals surface area (Å²) in [4.78, 5) is 30.9. The molecule has 5 aromatic rings. The lowest BCUT2D eigenvalue weighted by atomic mass is 10.1. The monoisotopic (exact) mass is 521 g/mol. The predicted octanol–water partition coefficient (Wildman–Crippen LogP) is 5.64. The second-order valence-electron chi connectivity index (χ2n) is 8.24. The first-order valence-electron chi connectivity index (χ1n) is 11.6. The van der Waals surface area contributed by atoms with Crippen molar-refractivity contribution in [3.63, 3.8) is 0 Å². The van der Waals surface area contributed by atoms with E-state index in [1.807, 2.05) is 60.7 Å². The zero-order chi connectivity index (χ0) is 26.5. The average Bonchev–Trinajstić information content (AvgIpc) is 3.34. The van der Waals surface area contributed by atoms with Gasteiger partial charge < -0.3 is 15.8 Å². The van der Waals surface area contributed by atoms with E-state index in [4.69, 9.17) is 10.5 Å². The fourth-order valence-corrected chi connectivity index (χ4v) is 4.85. The van der Waals surface area contributed by atoms with Crippen molar-refractivity contribution in [2.45, 2.75) is 9.79 Å². The number of amides is 2. The quantitative estimate of drug-likeness (QED) is 0.243. The Hall–Kier alpha value is -4.89. The van der Waals surface area contributed by atoms with Crippen molar-refractivity contribution in [1.82, 2.24) is 15.2 Å². The number of carbonyl (C=O) groups is 2. The topological polar surface area (TPSA) is 123 Å². The first-order chi connectivity index (χ1) is 18.5. The van der Waals surface area contributed by atoms with Gasteiger partial charge in [0.1, 0.15) is 5.75 Å². The molecule has 188 valence electrons. The third-order valence-electron chi connectivity index (χ3n) is 5.76. The number of primary amides is 1. The number of aromatic nitrogens is 3. The number of benzene rings is 3. The Balaban J connectivity index is 1.37. The molecule has 0 saturated heterocycles. The Morgan fingerprint density at radius 1 is 1.00 bits per heavy atom. The number of H-pyrrole nitrogens is 1. The van der Waals surface area contributed by atoms with Crippen molar-refractivity contribution in [2.24, 2.45) is 5.73 Å². The molecule has 38 heavy (non-hydrogen) atoms. The minimum atomic E-state index is -0.594. The van der Waals surface area contributed by atoms with Crippen LogP contribution in [0.15, 0.2) is 94.9 Å². The normalized spacial score (nSPS) is 11.1. The standard InChI is InChI=1S/C29H23N5O3S/c1-37-26-14-9-18(28(30)35)16-25(26)32-29(36)22-7-2-3-8-27(22)38-20-11-12-21-23(33-34-24(21)17-20)13-10-19-6-4-5-15-31-19/h2-17H,1H3,(H2,30,35)(H,32,36)(H,33,34)/b13-10+. The highest BCUT2D eigenvalue weighted by molar-refractivity contribution is 7.99. The maximum atomic E-state index is 13.3. The Labute approximate surface area is 222 Å². The Kier molecular flexibility index (Phi) is 7.19. The summed E-state index contributed by atoms with van der Waals surface area (Å²) in [5.74, 6) is -0.507. The third kappa shape index (κ3) is 5.42. The number of fused-ring (bicyclic) bond motifs is 1. The number of pyridine rings is 1. The highest BCUT2D eigenvalue weighted by atomic mass is 32.2. The van der Waals surface area contributed by atoms with Gasteiger partial charge in [0.05, 0.1) is 35.3 Å². The van der Waals surface area contributed by atoms with Crippen molar-refractivity contribution in [1.29, 1.82) is 0 Å². The minimum Gasteiger partial charge on any atom is -0.495 e. The lowest BCUT2D eigenvalue weighted by molar-refractivity contribution is 0.0995. The third-order valence-corrected chi connectivity index (χ3v) is 6.82. The number of ether oxygens (including phenoxy) is 1. The van der Waals surface area contributed by atoms with Crippen molar-refractivity contribution in [3.05, 3.63) is 108 Å². The maximum absolute atomic E-state index is 13.3. The zero-order valence-electron chi connectivity index (χ0n) is 20.3. The summed E-state index contributed by atoms with van der Waals surface area (Å²) in [5.41, 5.74) is 9.06. The second-order valence-corrected chi connectivity index (χ2v) is 9.35. The molecule has 0 radical (unpaired) electrons. The molecule has 5 rings (SSSR count). The van der Waals surface area contributed by atoms with Gasteiger partial charge in [-0.05, 0) is 72.8 Å². The molecule has 8 nitrogen and oxygen atoms in total. The number of nitrogens with one attached hydrogen (secondary N) is 2. The average molecular weight is 522 g/mol. The number of hydrogen-bond acceptors (Lipinski definition) is 6. The van der Waals surface area contributed by atoms with Gasteiger partial charge in [0.2, 0.25) is 5.91 Å². The van der Waals surface area contributed by atoms with Gasteiger partial charge in [-0.2, -0.15) is 5.10 Å². The van der Waals surface area contributed by atoms with E-state index in [1.165, 1.54) is 24.9 Å². The molecule has 0 aliphatic carbocycles. The molecule has 0 bridgehead atoms.